The van der Waals surface area contributed by atoms with Crippen molar-refractivity contribution in [3.8, 4) is 0 Å². The highest BCUT2D eigenvalue weighted by atomic mass is 79.9. The van der Waals surface area contributed by atoms with Crippen LogP contribution in [0.25, 0.3) is 0 Å². The zero-order valence-corrected chi connectivity index (χ0v) is 10.9. The minimum Gasteiger partial charge on any atom is -0.481 e. The summed E-state index contributed by atoms with van der Waals surface area (Å²) in [5.41, 5.74) is 1.94. The van der Waals surface area contributed by atoms with E-state index in [-0.39, 0.29) is 0 Å². The Morgan fingerprint density at radius 2 is 2.25 bits per heavy atom. The number of halogens is 1. The molecule has 1 N–H and O–H groups in total. The molecule has 0 spiro atoms. The van der Waals surface area contributed by atoms with E-state index in [0.29, 0.717) is 12.6 Å². The number of carboxylic acid groups (broad SMARTS) is 1. The first-order valence-electron chi connectivity index (χ1n) is 5.30. The monoisotopic (exact) mass is 283 g/mol. The molecule has 0 saturated carbocycles. The van der Waals surface area contributed by atoms with E-state index >= 15 is 0 Å². The van der Waals surface area contributed by atoms with Gasteiger partial charge in [0.2, 0.25) is 0 Å². The number of fused-ring (bicyclic) bond motifs is 1. The molecule has 1 aromatic carbocycles. The smallest absolute Gasteiger partial charge is 0.312 e. The van der Waals surface area contributed by atoms with Crippen LogP contribution in [0.2, 0.25) is 0 Å². The molecule has 4 heteroatoms. The zero-order valence-electron chi connectivity index (χ0n) is 9.27. The Hall–Kier alpha value is -1.03. The predicted molar refractivity (Wildman–Crippen MR) is 67.0 cm³/mol. The van der Waals surface area contributed by atoms with E-state index in [2.05, 4.69) is 34.7 Å². The number of anilines is 1. The largest absolute Gasteiger partial charge is 0.481 e. The van der Waals surface area contributed by atoms with Gasteiger partial charge in [0, 0.05) is 28.3 Å². The maximum absolute atomic E-state index is 11.2. The number of hydrogen-bond acceptors (Lipinski definition) is 2. The van der Waals surface area contributed by atoms with Crippen LogP contribution in [0.3, 0.4) is 0 Å². The highest BCUT2D eigenvalue weighted by molar-refractivity contribution is 9.10. The molecule has 0 fully saturated rings. The summed E-state index contributed by atoms with van der Waals surface area (Å²) in [5.74, 6) is -1.18. The Morgan fingerprint density at radius 1 is 1.56 bits per heavy atom. The molecule has 16 heavy (non-hydrogen) atoms. The van der Waals surface area contributed by atoms with Crippen molar-refractivity contribution in [3.63, 3.8) is 0 Å². The van der Waals surface area contributed by atoms with Crippen molar-refractivity contribution in [2.75, 3.05) is 11.4 Å². The first-order chi connectivity index (χ1) is 7.52. The maximum Gasteiger partial charge on any atom is 0.312 e. The number of carbonyl (C=O) groups is 1. The third-order valence-corrected chi connectivity index (χ3v) is 3.68. The van der Waals surface area contributed by atoms with Gasteiger partial charge in [0.25, 0.3) is 0 Å². The number of nitrogens with zero attached hydrogens (tertiary/aromatic N) is 1. The fourth-order valence-corrected chi connectivity index (χ4v) is 2.83. The van der Waals surface area contributed by atoms with Crippen molar-refractivity contribution in [2.24, 2.45) is 0 Å². The van der Waals surface area contributed by atoms with Gasteiger partial charge >= 0.3 is 5.97 Å². The maximum atomic E-state index is 11.2. The summed E-state index contributed by atoms with van der Waals surface area (Å²) in [6, 6.07) is 6.15. The third-order valence-electron chi connectivity index (χ3n) is 2.99. The summed E-state index contributed by atoms with van der Waals surface area (Å²) in [5, 5.41) is 9.24. The molecule has 0 aromatic heterocycles. The molecule has 1 aliphatic heterocycles. The molecule has 1 heterocycles. The van der Waals surface area contributed by atoms with Crippen LogP contribution in [0.1, 0.15) is 25.3 Å². The van der Waals surface area contributed by atoms with Crippen LogP contribution >= 0.6 is 15.9 Å². The van der Waals surface area contributed by atoms with Gasteiger partial charge in [-0.25, -0.2) is 0 Å². The van der Waals surface area contributed by atoms with E-state index in [1.807, 2.05) is 18.2 Å². The number of rotatable bonds is 2. The highest BCUT2D eigenvalue weighted by Crippen LogP contribution is 2.41. The molecule has 3 nitrogen and oxygen atoms in total. The molecule has 2 rings (SSSR count). The molecular formula is C12H14BrNO2. The number of aliphatic carboxylic acids is 1. The van der Waals surface area contributed by atoms with Crippen molar-refractivity contribution in [1.82, 2.24) is 0 Å². The summed E-state index contributed by atoms with van der Waals surface area (Å²) in [7, 11) is 0. The summed E-state index contributed by atoms with van der Waals surface area (Å²) in [4.78, 5) is 13.4. The summed E-state index contributed by atoms with van der Waals surface area (Å²) < 4.78 is 0.889. The number of hydrogen-bond donors (Lipinski definition) is 1. The van der Waals surface area contributed by atoms with E-state index in [1.54, 1.807) is 0 Å². The van der Waals surface area contributed by atoms with Gasteiger partial charge in [-0.1, -0.05) is 22.0 Å². The Balaban J connectivity index is 2.53. The predicted octanol–water partition coefficient (Wildman–Crippen LogP) is 2.85. The van der Waals surface area contributed by atoms with Gasteiger partial charge in [-0.3, -0.25) is 4.79 Å². The van der Waals surface area contributed by atoms with Crippen molar-refractivity contribution in [1.29, 1.82) is 0 Å². The second-order valence-corrected chi connectivity index (χ2v) is 5.16. The van der Waals surface area contributed by atoms with Crippen molar-refractivity contribution >= 4 is 27.6 Å². The van der Waals surface area contributed by atoms with Gasteiger partial charge in [0.15, 0.2) is 0 Å². The van der Waals surface area contributed by atoms with E-state index in [1.165, 1.54) is 0 Å². The highest BCUT2D eigenvalue weighted by Gasteiger charge is 2.35. The minimum absolute atomic E-state index is 0.317. The average Bonchev–Trinajstić information content (AvgIpc) is 2.58. The molecule has 0 aliphatic carbocycles. The molecule has 0 radical (unpaired) electrons. The molecule has 1 atom stereocenters. The standard InChI is InChI=1S/C12H14BrNO2/c1-7(2)14-6-8(12(15)16)11-9(13)4-3-5-10(11)14/h3-5,7-8H,6H2,1-2H3,(H,15,16). The van der Waals surface area contributed by atoms with Crippen molar-refractivity contribution < 1.29 is 9.90 Å². The molecule has 1 aromatic rings. The third kappa shape index (κ3) is 1.71. The van der Waals surface area contributed by atoms with Crippen molar-refractivity contribution in [3.05, 3.63) is 28.2 Å². The number of benzene rings is 1. The van der Waals surface area contributed by atoms with Gasteiger partial charge in [-0.05, 0) is 26.0 Å². The molecular weight excluding hydrogens is 270 g/mol. The second kappa shape index (κ2) is 4.09. The van der Waals surface area contributed by atoms with Crippen LogP contribution in [0.5, 0.6) is 0 Å². The quantitative estimate of drug-likeness (QED) is 0.907. The Labute approximate surface area is 103 Å². The topological polar surface area (TPSA) is 40.5 Å². The minimum atomic E-state index is -0.753. The lowest BCUT2D eigenvalue weighted by Gasteiger charge is -2.24. The van der Waals surface area contributed by atoms with E-state index in [4.69, 9.17) is 0 Å². The lowest BCUT2D eigenvalue weighted by Crippen LogP contribution is -2.30. The summed E-state index contributed by atoms with van der Waals surface area (Å²) in [6.45, 7) is 4.72. The van der Waals surface area contributed by atoms with Crippen molar-refractivity contribution in [2.45, 2.75) is 25.8 Å². The Bertz CT molecular complexity index is 431. The molecule has 0 saturated heterocycles. The second-order valence-electron chi connectivity index (χ2n) is 4.31. The van der Waals surface area contributed by atoms with Gasteiger partial charge in [0.05, 0.1) is 0 Å². The normalized spacial score (nSPS) is 19.0. The van der Waals surface area contributed by atoms with Gasteiger partial charge < -0.3 is 10.0 Å². The van der Waals surface area contributed by atoms with Crippen LogP contribution in [-0.4, -0.2) is 23.7 Å². The first kappa shape index (κ1) is 11.5. The fourth-order valence-electron chi connectivity index (χ4n) is 2.20. The summed E-state index contributed by atoms with van der Waals surface area (Å²) in [6.07, 6.45) is 0. The SMILES string of the molecule is CC(C)N1CC(C(=O)O)c2c(Br)cccc21. The Kier molecular flexibility index (Phi) is 2.93. The molecule has 86 valence electrons. The molecule has 1 unspecified atom stereocenters. The van der Waals surface area contributed by atoms with Crippen LogP contribution < -0.4 is 4.90 Å². The van der Waals surface area contributed by atoms with Crippen LogP contribution in [-0.2, 0) is 4.79 Å². The Morgan fingerprint density at radius 3 is 2.81 bits per heavy atom. The lowest BCUT2D eigenvalue weighted by atomic mass is 10.0. The molecule has 0 bridgehead atoms. The zero-order chi connectivity index (χ0) is 11.9. The van der Waals surface area contributed by atoms with E-state index < -0.39 is 11.9 Å². The van der Waals surface area contributed by atoms with E-state index in [9.17, 15) is 9.90 Å². The first-order valence-corrected chi connectivity index (χ1v) is 6.09. The summed E-state index contributed by atoms with van der Waals surface area (Å²) >= 11 is 3.44. The van der Waals surface area contributed by atoms with E-state index in [0.717, 1.165) is 15.7 Å². The van der Waals surface area contributed by atoms with Crippen LogP contribution in [0, 0.1) is 0 Å². The molecule has 1 aliphatic rings. The van der Waals surface area contributed by atoms with Gasteiger partial charge in [-0.2, -0.15) is 0 Å². The fraction of sp³-hybridized carbons (Fsp3) is 0.417. The molecule has 0 amide bonds. The number of carboxylic acids is 1. The lowest BCUT2D eigenvalue weighted by molar-refractivity contribution is -0.138. The van der Waals surface area contributed by atoms with Gasteiger partial charge in [-0.15, -0.1) is 0 Å². The van der Waals surface area contributed by atoms with Crippen LogP contribution in [0.15, 0.2) is 22.7 Å². The van der Waals surface area contributed by atoms with Crippen LogP contribution in [0.4, 0.5) is 5.69 Å². The van der Waals surface area contributed by atoms with Gasteiger partial charge in [0.1, 0.15) is 5.92 Å². The average molecular weight is 284 g/mol.